The molecule has 0 bridgehead atoms. The number of nitrogens with one attached hydrogen (secondary N) is 2. The van der Waals surface area contributed by atoms with Crippen LogP contribution in [0.15, 0.2) is 67.3 Å². The van der Waals surface area contributed by atoms with E-state index in [1.165, 1.54) is 12.1 Å². The Balaban J connectivity index is 1.16. The Hall–Kier alpha value is -3.56. The summed E-state index contributed by atoms with van der Waals surface area (Å²) in [4.78, 5) is 32.1. The van der Waals surface area contributed by atoms with Gasteiger partial charge in [0.05, 0.1) is 19.5 Å². The number of benzene rings is 2. The van der Waals surface area contributed by atoms with Crippen LogP contribution in [0.4, 0.5) is 4.39 Å². The number of rotatable bonds is 10. The molecule has 2 aromatic carbocycles. The molecule has 1 aliphatic carbocycles. The summed E-state index contributed by atoms with van der Waals surface area (Å²) < 4.78 is 20.4. The Kier molecular flexibility index (Phi) is 7.91. The van der Waals surface area contributed by atoms with E-state index in [-0.39, 0.29) is 17.6 Å². The Morgan fingerprint density at radius 2 is 1.84 bits per heavy atom. The summed E-state index contributed by atoms with van der Waals surface area (Å²) in [6, 6.07) is 13.7. The number of ether oxygens (including phenoxy) is 1. The number of nitrogens with zero attached hydrogens (tertiary/aromatic N) is 3. The van der Waals surface area contributed by atoms with Gasteiger partial charge in [0.15, 0.2) is 0 Å². The number of amides is 2. The molecule has 194 valence electrons. The molecule has 37 heavy (non-hydrogen) atoms. The van der Waals surface area contributed by atoms with Gasteiger partial charge in [0.2, 0.25) is 5.91 Å². The molecule has 1 aromatic heterocycles. The van der Waals surface area contributed by atoms with Crippen molar-refractivity contribution in [1.29, 1.82) is 0 Å². The molecule has 2 fully saturated rings. The van der Waals surface area contributed by atoms with Gasteiger partial charge in [-0.25, -0.2) is 9.37 Å². The zero-order valence-corrected chi connectivity index (χ0v) is 20.7. The molecule has 0 unspecified atom stereocenters. The van der Waals surface area contributed by atoms with Gasteiger partial charge in [-0.2, -0.15) is 0 Å². The summed E-state index contributed by atoms with van der Waals surface area (Å²) in [6.45, 7) is 2.83. The van der Waals surface area contributed by atoms with Crippen molar-refractivity contribution in [2.24, 2.45) is 0 Å². The van der Waals surface area contributed by atoms with E-state index in [4.69, 9.17) is 4.74 Å². The Morgan fingerprint density at radius 1 is 1.08 bits per heavy atom. The highest BCUT2D eigenvalue weighted by Crippen LogP contribution is 2.40. The van der Waals surface area contributed by atoms with E-state index in [2.05, 4.69) is 15.6 Å². The first-order valence-corrected chi connectivity index (χ1v) is 12.8. The highest BCUT2D eigenvalue weighted by Gasteiger charge is 2.37. The van der Waals surface area contributed by atoms with Crippen LogP contribution in [-0.4, -0.2) is 71.2 Å². The molecule has 2 heterocycles. The van der Waals surface area contributed by atoms with E-state index in [0.29, 0.717) is 50.2 Å². The maximum absolute atomic E-state index is 13.3. The van der Waals surface area contributed by atoms with Crippen molar-refractivity contribution in [3.8, 4) is 5.69 Å². The lowest BCUT2D eigenvalue weighted by Crippen LogP contribution is -2.52. The zero-order chi connectivity index (χ0) is 25.6. The maximum atomic E-state index is 13.3. The zero-order valence-electron chi connectivity index (χ0n) is 20.7. The number of imidazole rings is 1. The van der Waals surface area contributed by atoms with E-state index in [9.17, 15) is 14.0 Å². The molecule has 2 N–H and O–H groups in total. The predicted molar refractivity (Wildman–Crippen MR) is 137 cm³/mol. The monoisotopic (exact) mass is 505 g/mol. The van der Waals surface area contributed by atoms with Crippen LogP contribution < -0.4 is 10.6 Å². The molecule has 5 rings (SSSR count). The van der Waals surface area contributed by atoms with Gasteiger partial charge in [-0.05, 0) is 67.8 Å². The predicted octanol–water partition coefficient (Wildman–Crippen LogP) is 2.89. The Morgan fingerprint density at radius 3 is 2.54 bits per heavy atom. The van der Waals surface area contributed by atoms with Gasteiger partial charge in [0.25, 0.3) is 5.91 Å². The number of morpholine rings is 1. The van der Waals surface area contributed by atoms with Gasteiger partial charge in [-0.1, -0.05) is 12.1 Å². The first-order valence-electron chi connectivity index (χ1n) is 12.8. The second kappa shape index (κ2) is 11.7. The normalized spacial score (nSPS) is 19.9. The van der Waals surface area contributed by atoms with Crippen LogP contribution in [0.25, 0.3) is 5.69 Å². The van der Waals surface area contributed by atoms with Gasteiger partial charge >= 0.3 is 0 Å². The maximum Gasteiger partial charge on any atom is 0.251 e. The summed E-state index contributed by atoms with van der Waals surface area (Å²) in [5.41, 5.74) is 2.55. The highest BCUT2D eigenvalue weighted by molar-refractivity contribution is 5.97. The molecule has 1 saturated carbocycles. The molecular formula is C28H32FN5O3. The lowest BCUT2D eigenvalue weighted by molar-refractivity contribution is -0.137. The first kappa shape index (κ1) is 25.1. The van der Waals surface area contributed by atoms with Crippen molar-refractivity contribution in [3.63, 3.8) is 0 Å². The molecule has 1 aliphatic heterocycles. The smallest absolute Gasteiger partial charge is 0.251 e. The molecule has 8 nitrogen and oxygen atoms in total. The molecule has 0 spiro atoms. The Bertz CT molecular complexity index is 1180. The van der Waals surface area contributed by atoms with Gasteiger partial charge in [0, 0.05) is 48.7 Å². The third kappa shape index (κ3) is 6.42. The summed E-state index contributed by atoms with van der Waals surface area (Å²) in [5.74, 6) is -0.157. The van der Waals surface area contributed by atoms with Crippen molar-refractivity contribution in [3.05, 3.63) is 84.2 Å². The van der Waals surface area contributed by atoms with Crippen LogP contribution in [0, 0.1) is 5.82 Å². The van der Waals surface area contributed by atoms with Crippen molar-refractivity contribution in [2.45, 2.75) is 37.3 Å². The minimum atomic E-state index is -0.604. The minimum Gasteiger partial charge on any atom is -0.378 e. The third-order valence-electron chi connectivity index (χ3n) is 7.02. The molecule has 3 aromatic rings. The quantitative estimate of drug-likeness (QED) is 0.414. The van der Waals surface area contributed by atoms with Gasteiger partial charge < -0.3 is 24.8 Å². The van der Waals surface area contributed by atoms with Crippen LogP contribution in [-0.2, 0) is 9.53 Å². The fourth-order valence-corrected chi connectivity index (χ4v) is 4.79. The number of aromatic nitrogens is 2. The average Bonchev–Trinajstić information content (AvgIpc) is 3.49. The molecule has 1 saturated heterocycles. The van der Waals surface area contributed by atoms with Crippen LogP contribution in [0.3, 0.4) is 0 Å². The van der Waals surface area contributed by atoms with Gasteiger partial charge in [-0.15, -0.1) is 0 Å². The van der Waals surface area contributed by atoms with E-state index in [1.807, 2.05) is 35.0 Å². The van der Waals surface area contributed by atoms with Crippen molar-refractivity contribution >= 4 is 11.8 Å². The molecular weight excluding hydrogens is 473 g/mol. The number of halogens is 1. The lowest BCUT2D eigenvalue weighted by Gasteiger charge is -2.31. The van der Waals surface area contributed by atoms with E-state index in [0.717, 1.165) is 30.6 Å². The second-order valence-corrected chi connectivity index (χ2v) is 9.58. The first-order chi connectivity index (χ1) is 18.1. The summed E-state index contributed by atoms with van der Waals surface area (Å²) in [7, 11) is 0. The average molecular weight is 506 g/mol. The van der Waals surface area contributed by atoms with Crippen LogP contribution in [0.1, 0.15) is 41.1 Å². The summed E-state index contributed by atoms with van der Waals surface area (Å²) >= 11 is 0. The largest absolute Gasteiger partial charge is 0.378 e. The van der Waals surface area contributed by atoms with E-state index in [1.54, 1.807) is 29.6 Å². The van der Waals surface area contributed by atoms with E-state index >= 15 is 0 Å². The standard InChI is InChI=1S/C28H32FN5O3/c29-22-7-3-20(4-8-22)24-18-26(24)31-11-1-2-25(28(36)33-14-16-37-17-15-33)32-27(35)21-5-9-23(10-6-21)34-13-12-30-19-34/h3-10,12-13,19,24-26,31H,1-2,11,14-18H2,(H,32,35)/t24-,25-,26+/m0/s1. The molecule has 9 heteroatoms. The fraction of sp³-hybridized carbons (Fsp3) is 0.393. The molecule has 3 atom stereocenters. The van der Waals surface area contributed by atoms with Crippen molar-refractivity contribution in [2.75, 3.05) is 32.8 Å². The Labute approximate surface area is 215 Å². The number of hydrogen-bond acceptors (Lipinski definition) is 5. The van der Waals surface area contributed by atoms with Crippen molar-refractivity contribution in [1.82, 2.24) is 25.1 Å². The SMILES string of the molecule is O=C(N[C@@H](CCCN[C@@H]1C[C@H]1c1ccc(F)cc1)C(=O)N1CCOCC1)c1ccc(-n2ccnc2)cc1. The van der Waals surface area contributed by atoms with Crippen LogP contribution >= 0.6 is 0 Å². The van der Waals surface area contributed by atoms with Crippen LogP contribution in [0.5, 0.6) is 0 Å². The molecule has 2 amide bonds. The second-order valence-electron chi connectivity index (χ2n) is 9.58. The topological polar surface area (TPSA) is 88.5 Å². The van der Waals surface area contributed by atoms with Gasteiger partial charge in [0.1, 0.15) is 11.9 Å². The third-order valence-corrected chi connectivity index (χ3v) is 7.02. The number of carbonyl (C=O) groups is 2. The molecule has 2 aliphatic rings. The minimum absolute atomic E-state index is 0.0673. The molecule has 0 radical (unpaired) electrons. The highest BCUT2D eigenvalue weighted by atomic mass is 19.1. The summed E-state index contributed by atoms with van der Waals surface area (Å²) in [5, 5.41) is 6.51. The number of carbonyl (C=O) groups excluding carboxylic acids is 2. The fourth-order valence-electron chi connectivity index (χ4n) is 4.79. The number of hydrogen-bond donors (Lipinski definition) is 2. The van der Waals surface area contributed by atoms with Crippen molar-refractivity contribution < 1.29 is 18.7 Å². The summed E-state index contributed by atoms with van der Waals surface area (Å²) in [6.07, 6.45) is 7.54. The van der Waals surface area contributed by atoms with E-state index < -0.39 is 6.04 Å². The van der Waals surface area contributed by atoms with Crippen LogP contribution in [0.2, 0.25) is 0 Å². The van der Waals surface area contributed by atoms with Gasteiger partial charge in [-0.3, -0.25) is 9.59 Å². The lowest BCUT2D eigenvalue weighted by atomic mass is 10.1.